The average molecular weight is 445 g/mol. The van der Waals surface area contributed by atoms with E-state index in [4.69, 9.17) is 4.74 Å². The number of benzene rings is 3. The number of ether oxygens (including phenoxy) is 1. The summed E-state index contributed by atoms with van der Waals surface area (Å²) in [5.74, 6) is 0.102. The van der Waals surface area contributed by atoms with Crippen molar-refractivity contribution in [3.8, 4) is 5.75 Å². The normalized spacial score (nSPS) is 11.5. The van der Waals surface area contributed by atoms with Crippen LogP contribution in [0.1, 0.15) is 71.9 Å². The van der Waals surface area contributed by atoms with Crippen molar-refractivity contribution in [3.63, 3.8) is 0 Å². The maximum absolute atomic E-state index is 12.9. The molecular formula is C28H32N2O3. The first kappa shape index (κ1) is 24.1. The molecular weight excluding hydrogens is 412 g/mol. The monoisotopic (exact) mass is 444 g/mol. The summed E-state index contributed by atoms with van der Waals surface area (Å²) in [5, 5.41) is 5.89. The topological polar surface area (TPSA) is 67.4 Å². The summed E-state index contributed by atoms with van der Waals surface area (Å²) >= 11 is 0. The standard InChI is InChI=1S/C28H32N2O3/c1-3-4-5-11-19-33-26-18-10-9-17-25(26)28(32)30-24-16-12-15-23(20-24)27(31)29-21(2)22-13-7-6-8-14-22/h6-10,12-18,20-21H,3-5,11,19H2,1-2H3,(H,29,31)(H,30,32). The first-order valence-corrected chi connectivity index (χ1v) is 11.6. The van der Waals surface area contributed by atoms with Gasteiger partial charge in [-0.3, -0.25) is 9.59 Å². The fourth-order valence-corrected chi connectivity index (χ4v) is 3.53. The zero-order valence-corrected chi connectivity index (χ0v) is 19.3. The molecule has 1 atom stereocenters. The Morgan fingerprint density at radius 2 is 1.61 bits per heavy atom. The van der Waals surface area contributed by atoms with Gasteiger partial charge in [-0.1, -0.05) is 74.7 Å². The maximum Gasteiger partial charge on any atom is 0.259 e. The van der Waals surface area contributed by atoms with E-state index >= 15 is 0 Å². The smallest absolute Gasteiger partial charge is 0.259 e. The molecule has 0 heterocycles. The summed E-state index contributed by atoms with van der Waals surface area (Å²) in [5.41, 5.74) is 2.54. The Kier molecular flexibility index (Phi) is 9.07. The minimum Gasteiger partial charge on any atom is -0.493 e. The number of hydrogen-bond donors (Lipinski definition) is 2. The van der Waals surface area contributed by atoms with Crippen LogP contribution in [-0.2, 0) is 0 Å². The second kappa shape index (κ2) is 12.4. The number of carbonyl (C=O) groups is 2. The van der Waals surface area contributed by atoms with Gasteiger partial charge < -0.3 is 15.4 Å². The fraction of sp³-hybridized carbons (Fsp3) is 0.286. The number of nitrogens with one attached hydrogen (secondary N) is 2. The van der Waals surface area contributed by atoms with Gasteiger partial charge in [-0.25, -0.2) is 0 Å². The number of hydrogen-bond acceptors (Lipinski definition) is 3. The van der Waals surface area contributed by atoms with Crippen LogP contribution in [0.25, 0.3) is 0 Å². The van der Waals surface area contributed by atoms with Gasteiger partial charge in [-0.15, -0.1) is 0 Å². The highest BCUT2D eigenvalue weighted by Gasteiger charge is 2.15. The molecule has 0 aromatic heterocycles. The molecule has 0 saturated carbocycles. The minimum absolute atomic E-state index is 0.127. The number of unbranched alkanes of at least 4 members (excludes halogenated alkanes) is 3. The van der Waals surface area contributed by atoms with Crippen LogP contribution in [0.4, 0.5) is 5.69 Å². The Morgan fingerprint density at radius 3 is 2.39 bits per heavy atom. The van der Waals surface area contributed by atoms with Crippen molar-refractivity contribution in [1.82, 2.24) is 5.32 Å². The van der Waals surface area contributed by atoms with Crippen LogP contribution in [0.2, 0.25) is 0 Å². The second-order valence-electron chi connectivity index (χ2n) is 8.05. The molecule has 0 fully saturated rings. The summed E-state index contributed by atoms with van der Waals surface area (Å²) in [7, 11) is 0. The third-order valence-electron chi connectivity index (χ3n) is 5.42. The van der Waals surface area contributed by atoms with E-state index in [1.165, 1.54) is 12.8 Å². The van der Waals surface area contributed by atoms with Gasteiger partial charge in [0.25, 0.3) is 11.8 Å². The fourth-order valence-electron chi connectivity index (χ4n) is 3.53. The van der Waals surface area contributed by atoms with Crippen molar-refractivity contribution in [2.24, 2.45) is 0 Å². The lowest BCUT2D eigenvalue weighted by Gasteiger charge is -2.15. The predicted octanol–water partition coefficient (Wildman–Crippen LogP) is 6.39. The number of amides is 2. The first-order valence-electron chi connectivity index (χ1n) is 11.6. The third-order valence-corrected chi connectivity index (χ3v) is 5.42. The van der Waals surface area contributed by atoms with E-state index in [0.29, 0.717) is 29.2 Å². The molecule has 2 N–H and O–H groups in total. The summed E-state index contributed by atoms with van der Waals surface area (Å²) < 4.78 is 5.87. The lowest BCUT2D eigenvalue weighted by Crippen LogP contribution is -2.26. The number of rotatable bonds is 11. The van der Waals surface area contributed by atoms with Gasteiger partial charge >= 0.3 is 0 Å². The van der Waals surface area contributed by atoms with E-state index in [1.54, 1.807) is 30.3 Å². The van der Waals surface area contributed by atoms with Crippen molar-refractivity contribution in [2.45, 2.75) is 45.6 Å². The molecule has 0 radical (unpaired) electrons. The molecule has 5 nitrogen and oxygen atoms in total. The van der Waals surface area contributed by atoms with Crippen LogP contribution in [0.3, 0.4) is 0 Å². The summed E-state index contributed by atoms with van der Waals surface area (Å²) in [4.78, 5) is 25.7. The Balaban J connectivity index is 1.63. The van der Waals surface area contributed by atoms with E-state index in [9.17, 15) is 9.59 Å². The van der Waals surface area contributed by atoms with Crippen molar-refractivity contribution in [1.29, 1.82) is 0 Å². The first-order chi connectivity index (χ1) is 16.1. The molecule has 0 aliphatic heterocycles. The predicted molar refractivity (Wildman–Crippen MR) is 133 cm³/mol. The quantitative estimate of drug-likeness (QED) is 0.337. The van der Waals surface area contributed by atoms with Crippen molar-refractivity contribution >= 4 is 17.5 Å². The lowest BCUT2D eigenvalue weighted by atomic mass is 10.1. The Labute approximate surface area is 196 Å². The summed E-state index contributed by atoms with van der Waals surface area (Å²) in [6.07, 6.45) is 4.42. The maximum atomic E-state index is 12.9. The van der Waals surface area contributed by atoms with Gasteiger partial charge in [0.2, 0.25) is 0 Å². The zero-order valence-electron chi connectivity index (χ0n) is 19.3. The van der Waals surface area contributed by atoms with E-state index in [-0.39, 0.29) is 17.9 Å². The van der Waals surface area contributed by atoms with Crippen molar-refractivity contribution < 1.29 is 14.3 Å². The molecule has 0 saturated heterocycles. The largest absolute Gasteiger partial charge is 0.493 e. The van der Waals surface area contributed by atoms with Gasteiger partial charge in [-0.2, -0.15) is 0 Å². The van der Waals surface area contributed by atoms with Crippen LogP contribution in [0.15, 0.2) is 78.9 Å². The van der Waals surface area contributed by atoms with Crippen molar-refractivity contribution in [2.75, 3.05) is 11.9 Å². The van der Waals surface area contributed by atoms with E-state index in [1.807, 2.05) is 55.5 Å². The molecule has 0 aliphatic carbocycles. The van der Waals surface area contributed by atoms with Gasteiger partial charge in [0.15, 0.2) is 0 Å². The Bertz CT molecular complexity index is 1050. The Morgan fingerprint density at radius 1 is 0.848 bits per heavy atom. The molecule has 3 aromatic rings. The van der Waals surface area contributed by atoms with Crippen LogP contribution in [0, 0.1) is 0 Å². The van der Waals surface area contributed by atoms with E-state index < -0.39 is 0 Å². The molecule has 0 aliphatic rings. The molecule has 5 heteroatoms. The Hall–Kier alpha value is -3.60. The number of anilines is 1. The van der Waals surface area contributed by atoms with Crippen LogP contribution in [-0.4, -0.2) is 18.4 Å². The molecule has 2 amide bonds. The molecule has 0 spiro atoms. The number of para-hydroxylation sites is 1. The molecule has 172 valence electrons. The van der Waals surface area contributed by atoms with Crippen molar-refractivity contribution in [3.05, 3.63) is 95.6 Å². The highest BCUT2D eigenvalue weighted by molar-refractivity contribution is 6.06. The van der Waals surface area contributed by atoms with E-state index in [0.717, 1.165) is 18.4 Å². The molecule has 33 heavy (non-hydrogen) atoms. The van der Waals surface area contributed by atoms with Crippen LogP contribution in [0.5, 0.6) is 5.75 Å². The van der Waals surface area contributed by atoms with E-state index in [2.05, 4.69) is 17.6 Å². The van der Waals surface area contributed by atoms with Crippen LogP contribution < -0.4 is 15.4 Å². The van der Waals surface area contributed by atoms with Gasteiger partial charge in [0.1, 0.15) is 5.75 Å². The number of carbonyl (C=O) groups excluding carboxylic acids is 2. The molecule has 3 rings (SSSR count). The van der Waals surface area contributed by atoms with Gasteiger partial charge in [-0.05, 0) is 49.2 Å². The summed E-state index contributed by atoms with van der Waals surface area (Å²) in [6, 6.07) is 23.8. The molecule has 0 bridgehead atoms. The minimum atomic E-state index is -0.269. The SMILES string of the molecule is CCCCCCOc1ccccc1C(=O)Nc1cccc(C(=O)NC(C)c2ccccc2)c1. The third kappa shape index (κ3) is 7.21. The van der Waals surface area contributed by atoms with Crippen LogP contribution >= 0.6 is 0 Å². The molecule has 1 unspecified atom stereocenters. The highest BCUT2D eigenvalue weighted by atomic mass is 16.5. The zero-order chi connectivity index (χ0) is 23.5. The summed E-state index contributed by atoms with van der Waals surface area (Å²) in [6.45, 7) is 4.70. The van der Waals surface area contributed by atoms with Gasteiger partial charge in [0, 0.05) is 11.3 Å². The molecule has 3 aromatic carbocycles. The second-order valence-corrected chi connectivity index (χ2v) is 8.05. The lowest BCUT2D eigenvalue weighted by molar-refractivity contribution is 0.0938. The average Bonchev–Trinajstić information content (AvgIpc) is 2.84. The van der Waals surface area contributed by atoms with Gasteiger partial charge in [0.05, 0.1) is 18.2 Å². The highest BCUT2D eigenvalue weighted by Crippen LogP contribution is 2.21.